The number of hydrogen-bond donors (Lipinski definition) is 2. The highest BCUT2D eigenvalue weighted by atomic mass is 16.5. The van der Waals surface area contributed by atoms with Crippen molar-refractivity contribution in [3.05, 3.63) is 41.1 Å². The Balaban J connectivity index is 1.80. The highest BCUT2D eigenvalue weighted by molar-refractivity contribution is 5.98. The summed E-state index contributed by atoms with van der Waals surface area (Å²) < 4.78 is 5.08. The fourth-order valence-electron chi connectivity index (χ4n) is 3.54. The number of aromatic nitrogens is 1. The number of carbonyl (C=O) groups excluding carboxylic acids is 1. The summed E-state index contributed by atoms with van der Waals surface area (Å²) in [6.45, 7) is 3.09. The molecule has 0 unspecified atom stereocenters. The van der Waals surface area contributed by atoms with E-state index in [0.29, 0.717) is 6.61 Å². The minimum absolute atomic E-state index is 0.165. The van der Waals surface area contributed by atoms with E-state index in [2.05, 4.69) is 5.43 Å². The van der Waals surface area contributed by atoms with Crippen molar-refractivity contribution in [1.29, 1.82) is 0 Å². The van der Waals surface area contributed by atoms with Crippen molar-refractivity contribution >= 4 is 28.3 Å². The molecule has 124 valence electrons. The molecule has 0 radical (unpaired) electrons. The topological polar surface area (TPSA) is 80.5 Å². The summed E-state index contributed by atoms with van der Waals surface area (Å²) in [5.74, 6) is -0.252. The number of rotatable bonds is 3. The molecule has 0 bridgehead atoms. The van der Waals surface area contributed by atoms with Crippen LogP contribution in [0.25, 0.3) is 16.6 Å². The largest absolute Gasteiger partial charge is 0.465 e. The monoisotopic (exact) mass is 324 g/mol. The number of pyridine rings is 1. The summed E-state index contributed by atoms with van der Waals surface area (Å²) in [7, 11) is 0. The molecule has 6 nitrogen and oxygen atoms in total. The lowest BCUT2D eigenvalue weighted by Gasteiger charge is -2.27. The zero-order valence-electron chi connectivity index (χ0n) is 13.6. The molecule has 4 rings (SSSR count). The molecular formula is C18H20N4O2. The van der Waals surface area contributed by atoms with Crippen molar-refractivity contribution in [2.24, 2.45) is 0 Å². The van der Waals surface area contributed by atoms with E-state index in [4.69, 9.17) is 15.5 Å². The molecule has 2 aromatic rings. The number of benzene rings is 1. The Morgan fingerprint density at radius 1 is 1.38 bits per heavy atom. The number of carbonyl (C=O) groups is 1. The Bertz CT molecular complexity index is 859. The number of nitrogen functional groups attached to an aromatic ring is 1. The second kappa shape index (κ2) is 5.79. The van der Waals surface area contributed by atoms with Crippen molar-refractivity contribution in [1.82, 2.24) is 15.4 Å². The lowest BCUT2D eigenvalue weighted by atomic mass is 9.91. The van der Waals surface area contributed by atoms with Crippen LogP contribution in [0.1, 0.15) is 24.6 Å². The Labute approximate surface area is 140 Å². The number of anilines is 1. The van der Waals surface area contributed by atoms with Gasteiger partial charge in [-0.3, -0.25) is 14.8 Å². The van der Waals surface area contributed by atoms with E-state index in [-0.39, 0.29) is 12.5 Å². The SMILES string of the molecule is CCOC(=O)CN1NCC2=C1c1c(nc3ccccc3c1N)CC2. The van der Waals surface area contributed by atoms with Gasteiger partial charge in [0.25, 0.3) is 0 Å². The number of nitrogens with two attached hydrogens (primary N) is 1. The van der Waals surface area contributed by atoms with E-state index in [1.807, 2.05) is 36.2 Å². The summed E-state index contributed by atoms with van der Waals surface area (Å²) >= 11 is 0. The van der Waals surface area contributed by atoms with Gasteiger partial charge in [0, 0.05) is 17.5 Å². The summed E-state index contributed by atoms with van der Waals surface area (Å²) in [6.07, 6.45) is 1.80. The number of hydrazine groups is 1. The van der Waals surface area contributed by atoms with Crippen LogP contribution in [0.3, 0.4) is 0 Å². The molecule has 3 N–H and O–H groups in total. The number of para-hydroxylation sites is 1. The Hall–Kier alpha value is -2.60. The summed E-state index contributed by atoms with van der Waals surface area (Å²) in [5, 5.41) is 2.81. The third-order valence-electron chi connectivity index (χ3n) is 4.59. The molecule has 24 heavy (non-hydrogen) atoms. The van der Waals surface area contributed by atoms with E-state index >= 15 is 0 Å². The van der Waals surface area contributed by atoms with Gasteiger partial charge in [-0.25, -0.2) is 5.43 Å². The molecule has 0 fully saturated rings. The molecule has 1 aliphatic carbocycles. The molecule has 0 atom stereocenters. The molecule has 2 aliphatic rings. The maximum Gasteiger partial charge on any atom is 0.327 e. The van der Waals surface area contributed by atoms with Gasteiger partial charge in [-0.2, -0.15) is 0 Å². The normalized spacial score (nSPS) is 16.3. The van der Waals surface area contributed by atoms with E-state index < -0.39 is 0 Å². The molecule has 0 amide bonds. The lowest BCUT2D eigenvalue weighted by molar-refractivity contribution is -0.144. The first-order valence-electron chi connectivity index (χ1n) is 8.25. The highest BCUT2D eigenvalue weighted by Gasteiger charge is 2.32. The van der Waals surface area contributed by atoms with E-state index in [9.17, 15) is 4.79 Å². The molecule has 1 aromatic heterocycles. The van der Waals surface area contributed by atoms with Crippen LogP contribution in [-0.2, 0) is 16.0 Å². The maximum absolute atomic E-state index is 11.9. The van der Waals surface area contributed by atoms with Gasteiger partial charge >= 0.3 is 5.97 Å². The molecule has 1 aliphatic heterocycles. The summed E-state index contributed by atoms with van der Waals surface area (Å²) in [6, 6.07) is 7.91. The van der Waals surface area contributed by atoms with Crippen molar-refractivity contribution in [2.75, 3.05) is 25.4 Å². The number of ether oxygens (including phenoxy) is 1. The fourth-order valence-corrected chi connectivity index (χ4v) is 3.54. The molecule has 0 saturated carbocycles. The Morgan fingerprint density at radius 3 is 3.04 bits per heavy atom. The highest BCUT2D eigenvalue weighted by Crippen LogP contribution is 2.40. The van der Waals surface area contributed by atoms with E-state index in [1.54, 1.807) is 0 Å². The van der Waals surface area contributed by atoms with Crippen molar-refractivity contribution in [3.8, 4) is 0 Å². The minimum Gasteiger partial charge on any atom is -0.465 e. The first-order valence-corrected chi connectivity index (χ1v) is 8.25. The minimum atomic E-state index is -0.252. The number of aryl methyl sites for hydroxylation is 1. The van der Waals surface area contributed by atoms with Gasteiger partial charge in [0.15, 0.2) is 0 Å². The quantitative estimate of drug-likeness (QED) is 0.839. The predicted molar refractivity (Wildman–Crippen MR) is 92.7 cm³/mol. The van der Waals surface area contributed by atoms with E-state index in [1.165, 1.54) is 5.57 Å². The summed E-state index contributed by atoms with van der Waals surface area (Å²) in [5.41, 5.74) is 15.7. The van der Waals surface area contributed by atoms with Crippen LogP contribution >= 0.6 is 0 Å². The van der Waals surface area contributed by atoms with Crippen LogP contribution in [0.2, 0.25) is 0 Å². The van der Waals surface area contributed by atoms with Gasteiger partial charge in [0.2, 0.25) is 0 Å². The van der Waals surface area contributed by atoms with Crippen molar-refractivity contribution < 1.29 is 9.53 Å². The summed E-state index contributed by atoms with van der Waals surface area (Å²) in [4.78, 5) is 16.7. The Morgan fingerprint density at radius 2 is 2.21 bits per heavy atom. The second-order valence-electron chi connectivity index (χ2n) is 6.04. The molecular weight excluding hydrogens is 304 g/mol. The molecule has 0 spiro atoms. The third-order valence-corrected chi connectivity index (χ3v) is 4.59. The van der Waals surface area contributed by atoms with Crippen LogP contribution < -0.4 is 11.2 Å². The second-order valence-corrected chi connectivity index (χ2v) is 6.04. The third kappa shape index (κ3) is 2.30. The van der Waals surface area contributed by atoms with Gasteiger partial charge in [-0.1, -0.05) is 18.2 Å². The molecule has 2 heterocycles. The van der Waals surface area contributed by atoms with Gasteiger partial charge < -0.3 is 10.5 Å². The van der Waals surface area contributed by atoms with Crippen LogP contribution in [0.15, 0.2) is 29.8 Å². The van der Waals surface area contributed by atoms with Crippen LogP contribution in [-0.4, -0.2) is 35.7 Å². The molecule has 1 aromatic carbocycles. The van der Waals surface area contributed by atoms with E-state index in [0.717, 1.165) is 52.9 Å². The first kappa shape index (κ1) is 15.0. The van der Waals surface area contributed by atoms with Crippen LogP contribution in [0, 0.1) is 0 Å². The number of nitrogens with one attached hydrogen (secondary N) is 1. The van der Waals surface area contributed by atoms with Gasteiger partial charge in [0.05, 0.1) is 29.2 Å². The van der Waals surface area contributed by atoms with Crippen molar-refractivity contribution in [3.63, 3.8) is 0 Å². The van der Waals surface area contributed by atoms with Crippen molar-refractivity contribution in [2.45, 2.75) is 19.8 Å². The average molecular weight is 324 g/mol. The van der Waals surface area contributed by atoms with Gasteiger partial charge in [0.1, 0.15) is 6.54 Å². The standard InChI is InChI=1S/C18H20N4O2/c1-2-24-15(23)10-22-18-11(9-20-22)7-8-14-16(18)17(19)12-5-3-4-6-13(12)21-14/h3-6,20H,2,7-10H2,1H3,(H2,19,21). The molecule has 6 heteroatoms. The number of esters is 1. The zero-order valence-corrected chi connectivity index (χ0v) is 13.6. The number of fused-ring (bicyclic) bond motifs is 3. The van der Waals surface area contributed by atoms with Gasteiger partial charge in [-0.05, 0) is 31.4 Å². The predicted octanol–water partition coefficient (Wildman–Crippen LogP) is 1.86. The fraction of sp³-hybridized carbons (Fsp3) is 0.333. The lowest BCUT2D eigenvalue weighted by Crippen LogP contribution is -2.37. The zero-order chi connectivity index (χ0) is 16.7. The average Bonchev–Trinajstić information content (AvgIpc) is 2.98. The van der Waals surface area contributed by atoms with Crippen LogP contribution in [0.5, 0.6) is 0 Å². The maximum atomic E-state index is 11.9. The number of hydrogen-bond acceptors (Lipinski definition) is 6. The van der Waals surface area contributed by atoms with Crippen LogP contribution in [0.4, 0.5) is 5.69 Å². The number of nitrogens with zero attached hydrogens (tertiary/aromatic N) is 2. The Kier molecular flexibility index (Phi) is 3.61. The smallest absolute Gasteiger partial charge is 0.327 e. The molecule has 0 saturated heterocycles. The first-order chi connectivity index (χ1) is 11.7. The van der Waals surface area contributed by atoms with Gasteiger partial charge in [-0.15, -0.1) is 0 Å².